The minimum Gasteiger partial charge on any atom is -0.494 e. The molecule has 0 bridgehead atoms. The fourth-order valence-corrected chi connectivity index (χ4v) is 3.69. The lowest BCUT2D eigenvalue weighted by Gasteiger charge is -2.26. The van der Waals surface area contributed by atoms with Gasteiger partial charge in [-0.1, -0.05) is 12.5 Å². The minimum absolute atomic E-state index is 0.0835. The summed E-state index contributed by atoms with van der Waals surface area (Å²) in [5.41, 5.74) is 2.70. The van der Waals surface area contributed by atoms with Gasteiger partial charge in [0.1, 0.15) is 5.82 Å². The third-order valence-electron chi connectivity index (χ3n) is 5.21. The summed E-state index contributed by atoms with van der Waals surface area (Å²) in [5, 5.41) is 13.8. The van der Waals surface area contributed by atoms with Gasteiger partial charge in [-0.3, -0.25) is 4.99 Å². The molecule has 0 amide bonds. The number of benzene rings is 2. The molecule has 146 valence electrons. The maximum absolute atomic E-state index is 14.1. The molecule has 3 N–H and O–H groups in total. The van der Waals surface area contributed by atoms with Gasteiger partial charge >= 0.3 is 0 Å². The number of anilines is 1. The monoisotopic (exact) mass is 380 g/mol. The Kier molecular flexibility index (Phi) is 5.58. The van der Waals surface area contributed by atoms with Crippen molar-refractivity contribution in [3.8, 4) is 5.88 Å². The first-order valence-electron chi connectivity index (χ1n) is 9.80. The molecule has 0 atom stereocenters. The van der Waals surface area contributed by atoms with E-state index in [1.807, 2.05) is 24.3 Å². The van der Waals surface area contributed by atoms with Gasteiger partial charge < -0.3 is 20.3 Å². The van der Waals surface area contributed by atoms with E-state index in [4.69, 9.17) is 0 Å². The number of hydrogen-bond acceptors (Lipinski definition) is 4. The molecule has 1 saturated heterocycles. The quantitative estimate of drug-likeness (QED) is 0.545. The van der Waals surface area contributed by atoms with Crippen LogP contribution in [0.3, 0.4) is 0 Å². The van der Waals surface area contributed by atoms with Crippen molar-refractivity contribution in [3.63, 3.8) is 0 Å². The molecule has 5 nitrogen and oxygen atoms in total. The Hall–Kier alpha value is -2.86. The molecule has 2 heterocycles. The average molecular weight is 380 g/mol. The molecule has 1 aliphatic rings. The van der Waals surface area contributed by atoms with Crippen LogP contribution in [0.1, 0.15) is 24.8 Å². The first-order chi connectivity index (χ1) is 13.7. The summed E-state index contributed by atoms with van der Waals surface area (Å²) in [6.07, 6.45) is 5.47. The predicted molar refractivity (Wildman–Crippen MR) is 112 cm³/mol. The molecule has 4 rings (SSSR count). The van der Waals surface area contributed by atoms with Crippen molar-refractivity contribution in [2.75, 3.05) is 31.5 Å². The van der Waals surface area contributed by atoms with Crippen molar-refractivity contribution in [2.45, 2.75) is 19.3 Å². The summed E-state index contributed by atoms with van der Waals surface area (Å²) in [7, 11) is 0. The topological polar surface area (TPSA) is 63.6 Å². The Labute approximate surface area is 163 Å². The predicted octanol–water partition coefficient (Wildman–Crippen LogP) is 4.66. The Balaban J connectivity index is 1.39. The fourth-order valence-electron chi connectivity index (χ4n) is 3.69. The first-order valence-corrected chi connectivity index (χ1v) is 9.80. The van der Waals surface area contributed by atoms with Crippen LogP contribution in [0.25, 0.3) is 10.9 Å². The first kappa shape index (κ1) is 18.5. The summed E-state index contributed by atoms with van der Waals surface area (Å²) in [5.74, 6) is -0.469. The molecular formula is C22H25FN4O. The highest BCUT2D eigenvalue weighted by atomic mass is 19.1. The molecule has 1 aromatic heterocycles. The average Bonchev–Trinajstić information content (AvgIpc) is 3.04. The van der Waals surface area contributed by atoms with E-state index in [-0.39, 0.29) is 11.7 Å². The van der Waals surface area contributed by atoms with Crippen molar-refractivity contribution < 1.29 is 9.50 Å². The Morgan fingerprint density at radius 3 is 2.68 bits per heavy atom. The van der Waals surface area contributed by atoms with Crippen molar-refractivity contribution >= 4 is 28.5 Å². The largest absolute Gasteiger partial charge is 0.494 e. The van der Waals surface area contributed by atoms with Gasteiger partial charge in [0.25, 0.3) is 0 Å². The second-order valence-corrected chi connectivity index (χ2v) is 7.18. The summed E-state index contributed by atoms with van der Waals surface area (Å²) in [6.45, 7) is 4.39. The van der Waals surface area contributed by atoms with E-state index in [1.54, 1.807) is 12.1 Å². The lowest BCUT2D eigenvalue weighted by Crippen LogP contribution is -2.33. The van der Waals surface area contributed by atoms with Gasteiger partial charge in [0.15, 0.2) is 5.88 Å². The van der Waals surface area contributed by atoms with Gasteiger partial charge in [0.2, 0.25) is 0 Å². The molecule has 0 aliphatic carbocycles. The number of rotatable bonds is 6. The van der Waals surface area contributed by atoms with Gasteiger partial charge in [0.05, 0.1) is 16.8 Å². The second kappa shape index (κ2) is 8.44. The summed E-state index contributed by atoms with van der Waals surface area (Å²) >= 11 is 0. The number of H-pyrrole nitrogens is 1. The molecular weight excluding hydrogens is 355 g/mol. The van der Waals surface area contributed by atoms with Crippen molar-refractivity contribution in [1.29, 1.82) is 0 Å². The number of nitrogens with one attached hydrogen (secondary N) is 2. The van der Waals surface area contributed by atoms with E-state index in [9.17, 15) is 9.50 Å². The third kappa shape index (κ3) is 4.17. The van der Waals surface area contributed by atoms with E-state index >= 15 is 0 Å². The van der Waals surface area contributed by atoms with Crippen LogP contribution in [0.4, 0.5) is 15.8 Å². The van der Waals surface area contributed by atoms with Gasteiger partial charge in [-0.2, -0.15) is 0 Å². The molecule has 0 unspecified atom stereocenters. The van der Waals surface area contributed by atoms with E-state index in [1.165, 1.54) is 44.6 Å². The number of halogens is 1. The maximum Gasteiger partial charge on any atom is 0.198 e. The van der Waals surface area contributed by atoms with E-state index < -0.39 is 0 Å². The van der Waals surface area contributed by atoms with Gasteiger partial charge in [-0.15, -0.1) is 0 Å². The van der Waals surface area contributed by atoms with Crippen molar-refractivity contribution in [2.24, 2.45) is 4.99 Å². The van der Waals surface area contributed by atoms with Crippen LogP contribution < -0.4 is 5.32 Å². The van der Waals surface area contributed by atoms with Crippen LogP contribution >= 0.6 is 0 Å². The highest BCUT2D eigenvalue weighted by Gasteiger charge is 2.12. The standard InChI is InChI=1S/C22H25FN4O/c23-19-5-4-6-20-21(19)18(22(28)26-20)15-25-17-9-7-16(8-10-17)24-11-14-27-12-2-1-3-13-27/h4-10,15,24,26,28H,1-3,11-14H2. The highest BCUT2D eigenvalue weighted by Crippen LogP contribution is 2.28. The molecule has 0 spiro atoms. The molecule has 0 saturated carbocycles. The van der Waals surface area contributed by atoms with Crippen LogP contribution in [0.5, 0.6) is 5.88 Å². The van der Waals surface area contributed by atoms with E-state index in [2.05, 4.69) is 20.2 Å². The zero-order valence-electron chi connectivity index (χ0n) is 15.8. The summed E-state index contributed by atoms with van der Waals surface area (Å²) < 4.78 is 14.1. The lowest BCUT2D eigenvalue weighted by molar-refractivity contribution is 0.237. The van der Waals surface area contributed by atoms with Gasteiger partial charge in [-0.25, -0.2) is 4.39 Å². The van der Waals surface area contributed by atoms with Gasteiger partial charge in [0, 0.05) is 30.4 Å². The smallest absolute Gasteiger partial charge is 0.198 e. The number of aromatic amines is 1. The van der Waals surface area contributed by atoms with E-state index in [0.29, 0.717) is 16.5 Å². The van der Waals surface area contributed by atoms with Crippen molar-refractivity contribution in [3.05, 3.63) is 53.8 Å². The number of piperidine rings is 1. The molecule has 6 heteroatoms. The fraction of sp³-hybridized carbons (Fsp3) is 0.318. The van der Waals surface area contributed by atoms with E-state index in [0.717, 1.165) is 24.5 Å². The maximum atomic E-state index is 14.1. The normalized spacial score (nSPS) is 15.5. The van der Waals surface area contributed by atoms with Crippen LogP contribution in [-0.2, 0) is 0 Å². The molecule has 3 aromatic rings. The zero-order chi connectivity index (χ0) is 19.3. The van der Waals surface area contributed by atoms with Gasteiger partial charge in [-0.05, 0) is 62.3 Å². The zero-order valence-corrected chi connectivity index (χ0v) is 15.8. The number of nitrogens with zero attached hydrogens (tertiary/aromatic N) is 2. The number of aromatic nitrogens is 1. The molecule has 0 radical (unpaired) electrons. The Morgan fingerprint density at radius 2 is 1.89 bits per heavy atom. The van der Waals surface area contributed by atoms with Crippen LogP contribution in [0.15, 0.2) is 47.5 Å². The van der Waals surface area contributed by atoms with Crippen LogP contribution in [0, 0.1) is 5.82 Å². The van der Waals surface area contributed by atoms with Crippen LogP contribution in [0.2, 0.25) is 0 Å². The number of likely N-dealkylation sites (tertiary alicyclic amines) is 1. The number of aliphatic imine (C=N–C) groups is 1. The minimum atomic E-state index is -0.385. The number of aromatic hydroxyl groups is 1. The third-order valence-corrected chi connectivity index (χ3v) is 5.21. The number of hydrogen-bond donors (Lipinski definition) is 3. The summed E-state index contributed by atoms with van der Waals surface area (Å²) in [4.78, 5) is 9.66. The lowest BCUT2D eigenvalue weighted by atomic mass is 10.1. The molecule has 2 aromatic carbocycles. The molecule has 1 fully saturated rings. The Morgan fingerprint density at radius 1 is 1.11 bits per heavy atom. The Bertz CT molecular complexity index is 959. The summed E-state index contributed by atoms with van der Waals surface area (Å²) in [6, 6.07) is 12.5. The SMILES string of the molecule is Oc1[nH]c2cccc(F)c2c1C=Nc1ccc(NCCN2CCCCC2)cc1. The number of fused-ring (bicyclic) bond motifs is 1. The molecule has 1 aliphatic heterocycles. The van der Waals surface area contributed by atoms with Crippen molar-refractivity contribution in [1.82, 2.24) is 9.88 Å². The second-order valence-electron chi connectivity index (χ2n) is 7.18. The molecule has 28 heavy (non-hydrogen) atoms. The highest BCUT2D eigenvalue weighted by molar-refractivity contribution is 6.02. The van der Waals surface area contributed by atoms with Crippen LogP contribution in [-0.4, -0.2) is 47.4 Å².